The van der Waals surface area contributed by atoms with E-state index in [0.717, 1.165) is 10.2 Å². The van der Waals surface area contributed by atoms with E-state index in [1.807, 2.05) is 31.2 Å². The van der Waals surface area contributed by atoms with Gasteiger partial charge in [0.2, 0.25) is 0 Å². The molecule has 0 atom stereocenters. The first-order valence-corrected chi connectivity index (χ1v) is 6.53. The highest BCUT2D eigenvalue weighted by Gasteiger charge is 2.09. The van der Waals surface area contributed by atoms with Gasteiger partial charge in [0.05, 0.1) is 6.61 Å². The first-order chi connectivity index (χ1) is 8.70. The standard InChI is InChI=1S/C15H13BrO2/c1-2-18-14-5-3-4-12(10-14)15(17)11-6-8-13(16)9-7-11/h3-10H,2H2,1H3. The monoisotopic (exact) mass is 304 g/mol. The molecule has 0 saturated heterocycles. The molecule has 2 aromatic carbocycles. The lowest BCUT2D eigenvalue weighted by Crippen LogP contribution is -2.01. The van der Waals surface area contributed by atoms with Crippen LogP contribution in [-0.2, 0) is 0 Å². The Kier molecular flexibility index (Phi) is 4.15. The van der Waals surface area contributed by atoms with Gasteiger partial charge < -0.3 is 4.74 Å². The summed E-state index contributed by atoms with van der Waals surface area (Å²) >= 11 is 3.35. The van der Waals surface area contributed by atoms with Crippen LogP contribution in [0.3, 0.4) is 0 Å². The summed E-state index contributed by atoms with van der Waals surface area (Å²) in [5.74, 6) is 0.726. The normalized spacial score (nSPS) is 10.1. The maximum Gasteiger partial charge on any atom is 0.193 e. The molecule has 2 aromatic rings. The maximum absolute atomic E-state index is 12.2. The lowest BCUT2D eigenvalue weighted by atomic mass is 10.0. The van der Waals surface area contributed by atoms with Gasteiger partial charge in [-0.15, -0.1) is 0 Å². The van der Waals surface area contributed by atoms with Crippen LogP contribution in [0.5, 0.6) is 5.75 Å². The molecule has 2 rings (SSSR count). The van der Waals surface area contributed by atoms with Crippen molar-refractivity contribution in [1.29, 1.82) is 0 Å². The second kappa shape index (κ2) is 5.83. The van der Waals surface area contributed by atoms with E-state index in [1.54, 1.807) is 24.3 Å². The Bertz CT molecular complexity index is 547. The molecule has 0 bridgehead atoms. The van der Waals surface area contributed by atoms with Crippen molar-refractivity contribution >= 4 is 21.7 Å². The molecule has 0 aliphatic heterocycles. The zero-order valence-electron chi connectivity index (χ0n) is 10.0. The van der Waals surface area contributed by atoms with Gasteiger partial charge in [0.25, 0.3) is 0 Å². The van der Waals surface area contributed by atoms with Crippen molar-refractivity contribution < 1.29 is 9.53 Å². The fourth-order valence-corrected chi connectivity index (χ4v) is 1.93. The molecule has 0 saturated carbocycles. The molecule has 18 heavy (non-hydrogen) atoms. The molecule has 0 heterocycles. The molecule has 0 fully saturated rings. The zero-order chi connectivity index (χ0) is 13.0. The summed E-state index contributed by atoms with van der Waals surface area (Å²) in [6.07, 6.45) is 0. The largest absolute Gasteiger partial charge is 0.494 e. The predicted octanol–water partition coefficient (Wildman–Crippen LogP) is 4.08. The fourth-order valence-electron chi connectivity index (χ4n) is 1.66. The van der Waals surface area contributed by atoms with E-state index in [9.17, 15) is 4.79 Å². The molecular weight excluding hydrogens is 292 g/mol. The Balaban J connectivity index is 2.28. The van der Waals surface area contributed by atoms with Crippen molar-refractivity contribution in [1.82, 2.24) is 0 Å². The molecule has 0 amide bonds. The summed E-state index contributed by atoms with van der Waals surface area (Å²) in [4.78, 5) is 12.2. The van der Waals surface area contributed by atoms with Crippen molar-refractivity contribution in [3.8, 4) is 5.75 Å². The number of ketones is 1. The molecule has 2 nitrogen and oxygen atoms in total. The topological polar surface area (TPSA) is 26.3 Å². The molecule has 92 valence electrons. The lowest BCUT2D eigenvalue weighted by molar-refractivity contribution is 0.103. The minimum Gasteiger partial charge on any atom is -0.494 e. The Morgan fingerprint density at radius 1 is 1.11 bits per heavy atom. The Morgan fingerprint density at radius 2 is 1.83 bits per heavy atom. The van der Waals surface area contributed by atoms with Crippen LogP contribution < -0.4 is 4.74 Å². The average molecular weight is 305 g/mol. The number of rotatable bonds is 4. The van der Waals surface area contributed by atoms with Crippen molar-refractivity contribution in [3.05, 3.63) is 64.1 Å². The van der Waals surface area contributed by atoms with Crippen LogP contribution in [-0.4, -0.2) is 12.4 Å². The second-order valence-corrected chi connectivity index (χ2v) is 4.71. The Labute approximate surface area is 115 Å². The summed E-state index contributed by atoms with van der Waals surface area (Å²) in [6.45, 7) is 2.51. The molecular formula is C15H13BrO2. The number of hydrogen-bond acceptors (Lipinski definition) is 2. The highest BCUT2D eigenvalue weighted by Crippen LogP contribution is 2.18. The third kappa shape index (κ3) is 2.99. The number of benzene rings is 2. The van der Waals surface area contributed by atoms with Crippen molar-refractivity contribution in [2.45, 2.75) is 6.92 Å². The zero-order valence-corrected chi connectivity index (χ0v) is 11.6. The van der Waals surface area contributed by atoms with Gasteiger partial charge in [-0.05, 0) is 43.3 Å². The van der Waals surface area contributed by atoms with Crippen molar-refractivity contribution in [2.75, 3.05) is 6.61 Å². The second-order valence-electron chi connectivity index (χ2n) is 3.80. The van der Waals surface area contributed by atoms with E-state index in [2.05, 4.69) is 15.9 Å². The average Bonchev–Trinajstić information content (AvgIpc) is 2.39. The Morgan fingerprint density at radius 3 is 2.50 bits per heavy atom. The van der Waals surface area contributed by atoms with Crippen LogP contribution in [0.25, 0.3) is 0 Å². The van der Waals surface area contributed by atoms with E-state index < -0.39 is 0 Å². The SMILES string of the molecule is CCOc1cccc(C(=O)c2ccc(Br)cc2)c1. The third-order valence-electron chi connectivity index (χ3n) is 2.51. The minimum atomic E-state index is 0.00375. The summed E-state index contributed by atoms with van der Waals surface area (Å²) in [5.41, 5.74) is 1.31. The van der Waals surface area contributed by atoms with Gasteiger partial charge in [-0.25, -0.2) is 0 Å². The molecule has 0 spiro atoms. The van der Waals surface area contributed by atoms with Gasteiger partial charge in [-0.2, -0.15) is 0 Å². The number of halogens is 1. The summed E-state index contributed by atoms with van der Waals surface area (Å²) in [5, 5.41) is 0. The molecule has 0 N–H and O–H groups in total. The maximum atomic E-state index is 12.2. The van der Waals surface area contributed by atoms with Crippen LogP contribution in [0.15, 0.2) is 53.0 Å². The Hall–Kier alpha value is -1.61. The molecule has 0 aliphatic carbocycles. The van der Waals surface area contributed by atoms with Crippen LogP contribution in [0.1, 0.15) is 22.8 Å². The van der Waals surface area contributed by atoms with Gasteiger partial charge in [-0.1, -0.05) is 28.1 Å². The van der Waals surface area contributed by atoms with E-state index in [1.165, 1.54) is 0 Å². The number of ether oxygens (including phenoxy) is 1. The number of carbonyl (C=O) groups excluding carboxylic acids is 1. The lowest BCUT2D eigenvalue weighted by Gasteiger charge is -2.05. The number of carbonyl (C=O) groups is 1. The van der Waals surface area contributed by atoms with E-state index >= 15 is 0 Å². The highest BCUT2D eigenvalue weighted by atomic mass is 79.9. The van der Waals surface area contributed by atoms with Crippen LogP contribution >= 0.6 is 15.9 Å². The quantitative estimate of drug-likeness (QED) is 0.796. The van der Waals surface area contributed by atoms with Crippen LogP contribution in [0.4, 0.5) is 0 Å². The van der Waals surface area contributed by atoms with Gasteiger partial charge in [-0.3, -0.25) is 4.79 Å². The molecule has 0 aliphatic rings. The van der Waals surface area contributed by atoms with Gasteiger partial charge in [0, 0.05) is 15.6 Å². The van der Waals surface area contributed by atoms with Crippen molar-refractivity contribution in [3.63, 3.8) is 0 Å². The summed E-state index contributed by atoms with van der Waals surface area (Å²) in [6, 6.07) is 14.6. The summed E-state index contributed by atoms with van der Waals surface area (Å²) < 4.78 is 6.35. The van der Waals surface area contributed by atoms with Crippen LogP contribution in [0.2, 0.25) is 0 Å². The molecule has 0 radical (unpaired) electrons. The van der Waals surface area contributed by atoms with E-state index in [4.69, 9.17) is 4.74 Å². The number of hydrogen-bond donors (Lipinski definition) is 0. The molecule has 0 aromatic heterocycles. The van der Waals surface area contributed by atoms with E-state index in [0.29, 0.717) is 17.7 Å². The van der Waals surface area contributed by atoms with Gasteiger partial charge in [0.15, 0.2) is 5.78 Å². The van der Waals surface area contributed by atoms with Crippen LogP contribution in [0, 0.1) is 0 Å². The van der Waals surface area contributed by atoms with Gasteiger partial charge in [0.1, 0.15) is 5.75 Å². The minimum absolute atomic E-state index is 0.00375. The highest BCUT2D eigenvalue weighted by molar-refractivity contribution is 9.10. The molecule has 0 unspecified atom stereocenters. The van der Waals surface area contributed by atoms with E-state index in [-0.39, 0.29) is 5.78 Å². The fraction of sp³-hybridized carbons (Fsp3) is 0.133. The third-order valence-corrected chi connectivity index (χ3v) is 3.04. The predicted molar refractivity (Wildman–Crippen MR) is 75.2 cm³/mol. The first kappa shape index (κ1) is 12.8. The molecule has 3 heteroatoms. The summed E-state index contributed by atoms with van der Waals surface area (Å²) in [7, 11) is 0. The smallest absolute Gasteiger partial charge is 0.193 e. The van der Waals surface area contributed by atoms with Gasteiger partial charge >= 0.3 is 0 Å². The first-order valence-electron chi connectivity index (χ1n) is 5.74. The van der Waals surface area contributed by atoms with Crippen molar-refractivity contribution in [2.24, 2.45) is 0 Å².